The van der Waals surface area contributed by atoms with Gasteiger partial charge in [0.05, 0.1) is 28.7 Å². The van der Waals surface area contributed by atoms with Crippen molar-refractivity contribution in [2.45, 2.75) is 6.10 Å². The minimum atomic E-state index is -0.542. The fourth-order valence-corrected chi connectivity index (χ4v) is 2.86. The zero-order valence-corrected chi connectivity index (χ0v) is 13.5. The van der Waals surface area contributed by atoms with Crippen LogP contribution < -0.4 is 0 Å². The number of morpholine rings is 1. The van der Waals surface area contributed by atoms with Crippen molar-refractivity contribution in [3.05, 3.63) is 74.8 Å². The highest BCUT2D eigenvalue weighted by Crippen LogP contribution is 2.27. The number of nitro groups is 1. The number of rotatable bonds is 3. The Labute approximate surface area is 143 Å². The minimum Gasteiger partial charge on any atom is -0.370 e. The molecule has 2 aromatic carbocycles. The summed E-state index contributed by atoms with van der Waals surface area (Å²) in [5, 5.41) is 11.1. The predicted octanol–water partition coefficient (Wildman–Crippen LogP) is 3.46. The lowest BCUT2D eigenvalue weighted by Crippen LogP contribution is -2.42. The average Bonchev–Trinajstić information content (AvgIpc) is 2.62. The van der Waals surface area contributed by atoms with E-state index in [4.69, 9.17) is 16.3 Å². The maximum Gasteiger partial charge on any atom is 0.270 e. The summed E-state index contributed by atoms with van der Waals surface area (Å²) >= 11 is 6.07. The third kappa shape index (κ3) is 3.39. The predicted molar refractivity (Wildman–Crippen MR) is 89.1 cm³/mol. The van der Waals surface area contributed by atoms with E-state index in [2.05, 4.69) is 0 Å². The third-order valence-electron chi connectivity index (χ3n) is 3.92. The first-order chi connectivity index (χ1) is 11.6. The molecule has 2 aromatic rings. The molecular formula is C17H15ClN2O4. The van der Waals surface area contributed by atoms with E-state index in [1.165, 1.54) is 18.2 Å². The molecule has 0 N–H and O–H groups in total. The maximum absolute atomic E-state index is 12.7. The van der Waals surface area contributed by atoms with Gasteiger partial charge in [0.1, 0.15) is 6.10 Å². The lowest BCUT2D eigenvalue weighted by molar-refractivity contribution is -0.384. The van der Waals surface area contributed by atoms with E-state index in [0.717, 1.165) is 5.56 Å². The van der Waals surface area contributed by atoms with Gasteiger partial charge < -0.3 is 9.64 Å². The van der Waals surface area contributed by atoms with Crippen LogP contribution >= 0.6 is 11.6 Å². The van der Waals surface area contributed by atoms with Gasteiger partial charge in [-0.2, -0.15) is 0 Å². The first-order valence-electron chi connectivity index (χ1n) is 7.46. The van der Waals surface area contributed by atoms with Crippen LogP contribution in [0.1, 0.15) is 22.0 Å². The van der Waals surface area contributed by atoms with E-state index in [-0.39, 0.29) is 28.3 Å². The highest BCUT2D eigenvalue weighted by atomic mass is 35.5. The smallest absolute Gasteiger partial charge is 0.270 e. The van der Waals surface area contributed by atoms with Crippen LogP contribution in [0.15, 0.2) is 48.5 Å². The van der Waals surface area contributed by atoms with Crippen LogP contribution in [0.2, 0.25) is 5.02 Å². The molecule has 1 atom stereocenters. The molecule has 1 aliphatic heterocycles. The van der Waals surface area contributed by atoms with E-state index in [9.17, 15) is 14.9 Å². The number of nitrogens with zero attached hydrogens (tertiary/aromatic N) is 2. The van der Waals surface area contributed by atoms with Gasteiger partial charge >= 0.3 is 0 Å². The van der Waals surface area contributed by atoms with Gasteiger partial charge in [0.25, 0.3) is 11.6 Å². The van der Waals surface area contributed by atoms with Gasteiger partial charge in [0, 0.05) is 18.7 Å². The number of hydrogen-bond acceptors (Lipinski definition) is 4. The van der Waals surface area contributed by atoms with Gasteiger partial charge in [-0.1, -0.05) is 41.9 Å². The Morgan fingerprint density at radius 1 is 1.25 bits per heavy atom. The van der Waals surface area contributed by atoms with E-state index < -0.39 is 4.92 Å². The fourth-order valence-electron chi connectivity index (χ4n) is 2.66. The highest BCUT2D eigenvalue weighted by molar-refractivity contribution is 6.33. The molecule has 1 amide bonds. The molecule has 24 heavy (non-hydrogen) atoms. The Balaban J connectivity index is 1.82. The van der Waals surface area contributed by atoms with Crippen LogP contribution in [0, 0.1) is 10.1 Å². The Morgan fingerprint density at radius 3 is 2.71 bits per heavy atom. The van der Waals surface area contributed by atoms with Crippen LogP contribution in [0.3, 0.4) is 0 Å². The van der Waals surface area contributed by atoms with Gasteiger partial charge in [0.15, 0.2) is 0 Å². The number of halogens is 1. The number of carbonyl (C=O) groups is 1. The van der Waals surface area contributed by atoms with E-state index >= 15 is 0 Å². The van der Waals surface area contributed by atoms with Crippen molar-refractivity contribution in [1.29, 1.82) is 0 Å². The van der Waals surface area contributed by atoms with Crippen molar-refractivity contribution < 1.29 is 14.5 Å². The highest BCUT2D eigenvalue weighted by Gasteiger charge is 2.28. The first kappa shape index (κ1) is 16.4. The van der Waals surface area contributed by atoms with E-state index in [1.54, 1.807) is 4.90 Å². The zero-order chi connectivity index (χ0) is 17.1. The van der Waals surface area contributed by atoms with Crippen LogP contribution in [0.25, 0.3) is 0 Å². The number of nitro benzene ring substituents is 1. The van der Waals surface area contributed by atoms with Crippen molar-refractivity contribution in [1.82, 2.24) is 4.90 Å². The molecule has 7 heteroatoms. The molecule has 3 rings (SSSR count). The molecule has 124 valence electrons. The Morgan fingerprint density at radius 2 is 2.00 bits per heavy atom. The SMILES string of the molecule is O=C(c1cc([N+](=O)[O-])ccc1Cl)N1CCOC(c2ccccc2)C1. The summed E-state index contributed by atoms with van der Waals surface area (Å²) in [6, 6.07) is 13.5. The fraction of sp³-hybridized carbons (Fsp3) is 0.235. The number of amides is 1. The lowest BCUT2D eigenvalue weighted by Gasteiger charge is -2.33. The molecule has 1 heterocycles. The maximum atomic E-state index is 12.7. The largest absolute Gasteiger partial charge is 0.370 e. The molecule has 1 aliphatic rings. The van der Waals surface area contributed by atoms with Crippen LogP contribution in [0.4, 0.5) is 5.69 Å². The van der Waals surface area contributed by atoms with Crippen LogP contribution in [0.5, 0.6) is 0 Å². The van der Waals surface area contributed by atoms with Crippen molar-refractivity contribution in [2.24, 2.45) is 0 Å². The Bertz CT molecular complexity index is 766. The summed E-state index contributed by atoms with van der Waals surface area (Å²) in [5.41, 5.74) is 0.968. The quantitative estimate of drug-likeness (QED) is 0.630. The summed E-state index contributed by atoms with van der Waals surface area (Å²) in [5.74, 6) is -0.326. The molecule has 0 bridgehead atoms. The number of hydrogen-bond donors (Lipinski definition) is 0. The molecule has 1 fully saturated rings. The molecule has 0 aliphatic carbocycles. The first-order valence-corrected chi connectivity index (χ1v) is 7.84. The summed E-state index contributed by atoms with van der Waals surface area (Å²) in [6.07, 6.45) is -0.221. The van der Waals surface area contributed by atoms with Crippen molar-refractivity contribution in [3.63, 3.8) is 0 Å². The van der Waals surface area contributed by atoms with Gasteiger partial charge in [-0.05, 0) is 11.6 Å². The second-order valence-electron chi connectivity index (χ2n) is 5.44. The standard InChI is InChI=1S/C17H15ClN2O4/c18-15-7-6-13(20(22)23)10-14(15)17(21)19-8-9-24-16(11-19)12-4-2-1-3-5-12/h1-7,10,16H,8-9,11H2. The van der Waals surface area contributed by atoms with Crippen LogP contribution in [-0.2, 0) is 4.74 Å². The molecular weight excluding hydrogens is 332 g/mol. The van der Waals surface area contributed by atoms with Crippen LogP contribution in [-0.4, -0.2) is 35.4 Å². The van der Waals surface area contributed by atoms with Gasteiger partial charge in [-0.15, -0.1) is 0 Å². The second-order valence-corrected chi connectivity index (χ2v) is 5.85. The lowest BCUT2D eigenvalue weighted by atomic mass is 10.1. The molecule has 1 unspecified atom stereocenters. The number of benzene rings is 2. The molecule has 0 saturated carbocycles. The third-order valence-corrected chi connectivity index (χ3v) is 4.25. The summed E-state index contributed by atoms with van der Waals surface area (Å²) in [7, 11) is 0. The van der Waals surface area contributed by atoms with E-state index in [0.29, 0.717) is 19.7 Å². The topological polar surface area (TPSA) is 72.7 Å². The zero-order valence-electron chi connectivity index (χ0n) is 12.7. The van der Waals surface area contributed by atoms with Crippen molar-refractivity contribution in [2.75, 3.05) is 19.7 Å². The normalized spacial score (nSPS) is 17.5. The molecule has 6 nitrogen and oxygen atoms in total. The molecule has 0 aromatic heterocycles. The minimum absolute atomic E-state index is 0.138. The van der Waals surface area contributed by atoms with Gasteiger partial charge in [-0.25, -0.2) is 0 Å². The summed E-state index contributed by atoms with van der Waals surface area (Å²) in [4.78, 5) is 24.7. The second kappa shape index (κ2) is 6.98. The molecule has 0 radical (unpaired) electrons. The number of ether oxygens (including phenoxy) is 1. The Kier molecular flexibility index (Phi) is 4.78. The number of carbonyl (C=O) groups excluding carboxylic acids is 1. The molecule has 1 saturated heterocycles. The monoisotopic (exact) mass is 346 g/mol. The number of non-ortho nitro benzene ring substituents is 1. The van der Waals surface area contributed by atoms with Crippen molar-refractivity contribution in [3.8, 4) is 0 Å². The molecule has 0 spiro atoms. The Hall–Kier alpha value is -2.44. The van der Waals surface area contributed by atoms with E-state index in [1.807, 2.05) is 30.3 Å². The summed E-state index contributed by atoms with van der Waals surface area (Å²) in [6.45, 7) is 1.20. The summed E-state index contributed by atoms with van der Waals surface area (Å²) < 4.78 is 5.74. The van der Waals surface area contributed by atoms with Crippen molar-refractivity contribution >= 4 is 23.2 Å². The van der Waals surface area contributed by atoms with Gasteiger partial charge in [0.2, 0.25) is 0 Å². The van der Waals surface area contributed by atoms with Gasteiger partial charge in [-0.3, -0.25) is 14.9 Å². The average molecular weight is 347 g/mol.